The standard InChI is InChI=1S/C20H18ClFN2O/c1-23-9-8-16-17-10-14(21)4-7-18(17)24(19(16)11-23)12-20(25)13-2-5-15(22)6-3-13/h2-7,10H,8-9,11-12H2,1H3. The summed E-state index contributed by atoms with van der Waals surface area (Å²) in [6.45, 7) is 2.04. The van der Waals surface area contributed by atoms with E-state index in [1.807, 2.05) is 18.2 Å². The lowest BCUT2D eigenvalue weighted by molar-refractivity contribution is 0.0971. The zero-order chi connectivity index (χ0) is 17.6. The van der Waals surface area contributed by atoms with Crippen molar-refractivity contribution in [1.82, 2.24) is 9.47 Å². The van der Waals surface area contributed by atoms with Gasteiger partial charge >= 0.3 is 0 Å². The topological polar surface area (TPSA) is 25.2 Å². The molecule has 2 aromatic carbocycles. The number of nitrogens with zero attached hydrogens (tertiary/aromatic N) is 2. The second-order valence-corrected chi connectivity index (χ2v) is 7.03. The summed E-state index contributed by atoms with van der Waals surface area (Å²) >= 11 is 6.19. The lowest BCUT2D eigenvalue weighted by atomic mass is 10.0. The van der Waals surface area contributed by atoms with E-state index in [1.165, 1.54) is 23.4 Å². The van der Waals surface area contributed by atoms with Crippen molar-refractivity contribution in [2.45, 2.75) is 19.5 Å². The highest BCUT2D eigenvalue weighted by Gasteiger charge is 2.23. The summed E-state index contributed by atoms with van der Waals surface area (Å²) in [5, 5.41) is 1.83. The van der Waals surface area contributed by atoms with E-state index in [1.54, 1.807) is 12.1 Å². The van der Waals surface area contributed by atoms with Crippen LogP contribution >= 0.6 is 11.6 Å². The minimum atomic E-state index is -0.336. The van der Waals surface area contributed by atoms with Gasteiger partial charge in [-0.05, 0) is 61.5 Å². The minimum Gasteiger partial charge on any atom is -0.335 e. The summed E-state index contributed by atoms with van der Waals surface area (Å²) in [5.41, 5.74) is 4.00. The van der Waals surface area contributed by atoms with Crippen LogP contribution in [0.15, 0.2) is 42.5 Å². The van der Waals surface area contributed by atoms with E-state index in [4.69, 9.17) is 11.6 Å². The summed E-state index contributed by atoms with van der Waals surface area (Å²) in [7, 11) is 2.08. The maximum absolute atomic E-state index is 13.1. The van der Waals surface area contributed by atoms with Crippen LogP contribution < -0.4 is 0 Å². The smallest absolute Gasteiger partial charge is 0.182 e. The number of ketones is 1. The molecule has 1 aliphatic rings. The number of benzene rings is 2. The van der Waals surface area contributed by atoms with Gasteiger partial charge in [0.1, 0.15) is 5.82 Å². The van der Waals surface area contributed by atoms with Crippen LogP contribution in [0.5, 0.6) is 0 Å². The lowest BCUT2D eigenvalue weighted by Gasteiger charge is -2.24. The predicted octanol–water partition coefficient (Wildman–Crippen LogP) is 4.30. The van der Waals surface area contributed by atoms with Gasteiger partial charge in [0.25, 0.3) is 0 Å². The average molecular weight is 357 g/mol. The Hall–Kier alpha value is -2.17. The Bertz CT molecular complexity index is 962. The molecule has 0 bridgehead atoms. The summed E-state index contributed by atoms with van der Waals surface area (Å²) in [5.74, 6) is -0.362. The highest BCUT2D eigenvalue weighted by molar-refractivity contribution is 6.31. The van der Waals surface area contributed by atoms with Crippen molar-refractivity contribution in [1.29, 1.82) is 0 Å². The molecule has 1 aliphatic heterocycles. The summed E-state index contributed by atoms with van der Waals surface area (Å²) in [6.07, 6.45) is 0.945. The zero-order valence-corrected chi connectivity index (χ0v) is 14.7. The van der Waals surface area contributed by atoms with Gasteiger partial charge in [-0.15, -0.1) is 0 Å². The average Bonchev–Trinajstić information content (AvgIpc) is 2.88. The van der Waals surface area contributed by atoms with Crippen LogP contribution in [0.2, 0.25) is 5.02 Å². The molecule has 0 saturated carbocycles. The van der Waals surface area contributed by atoms with Crippen molar-refractivity contribution in [3.63, 3.8) is 0 Å². The third-order valence-electron chi connectivity index (χ3n) is 4.88. The fraction of sp³-hybridized carbons (Fsp3) is 0.250. The molecule has 0 aliphatic carbocycles. The van der Waals surface area contributed by atoms with Gasteiger partial charge in [0.2, 0.25) is 0 Å². The van der Waals surface area contributed by atoms with E-state index in [9.17, 15) is 9.18 Å². The van der Waals surface area contributed by atoms with Gasteiger partial charge in [0.05, 0.1) is 6.54 Å². The Morgan fingerprint density at radius 3 is 2.72 bits per heavy atom. The number of carbonyl (C=O) groups excluding carboxylic acids is 1. The first-order chi connectivity index (χ1) is 12.0. The second-order valence-electron chi connectivity index (χ2n) is 6.59. The molecule has 4 rings (SSSR count). The molecule has 0 saturated heterocycles. The molecular weight excluding hydrogens is 339 g/mol. The Kier molecular flexibility index (Phi) is 4.10. The molecule has 0 N–H and O–H groups in total. The van der Waals surface area contributed by atoms with Crippen molar-refractivity contribution in [2.75, 3.05) is 13.6 Å². The molecule has 0 amide bonds. The molecule has 1 aromatic heterocycles. The normalized spacial score (nSPS) is 14.7. The van der Waals surface area contributed by atoms with E-state index < -0.39 is 0 Å². The van der Waals surface area contributed by atoms with Gasteiger partial charge in [-0.1, -0.05) is 11.6 Å². The first kappa shape index (κ1) is 16.3. The Morgan fingerprint density at radius 2 is 1.96 bits per heavy atom. The molecule has 0 spiro atoms. The molecule has 25 heavy (non-hydrogen) atoms. The van der Waals surface area contributed by atoms with Crippen molar-refractivity contribution in [3.05, 3.63) is 70.1 Å². The number of carbonyl (C=O) groups is 1. The van der Waals surface area contributed by atoms with Crippen molar-refractivity contribution >= 4 is 28.3 Å². The molecule has 3 nitrogen and oxygen atoms in total. The number of fused-ring (bicyclic) bond motifs is 3. The monoisotopic (exact) mass is 356 g/mol. The van der Waals surface area contributed by atoms with Gasteiger partial charge in [-0.2, -0.15) is 0 Å². The number of halogens is 2. The predicted molar refractivity (Wildman–Crippen MR) is 97.7 cm³/mol. The first-order valence-corrected chi connectivity index (χ1v) is 8.67. The molecule has 5 heteroatoms. The van der Waals surface area contributed by atoms with Crippen molar-refractivity contribution < 1.29 is 9.18 Å². The molecule has 0 radical (unpaired) electrons. The van der Waals surface area contributed by atoms with E-state index in [2.05, 4.69) is 16.5 Å². The Labute approximate surface area is 150 Å². The SMILES string of the molecule is CN1CCc2c(n(CC(=O)c3ccc(F)cc3)c3ccc(Cl)cc23)C1. The second kappa shape index (κ2) is 6.28. The highest BCUT2D eigenvalue weighted by atomic mass is 35.5. The van der Waals surface area contributed by atoms with E-state index >= 15 is 0 Å². The fourth-order valence-electron chi connectivity index (χ4n) is 3.60. The number of Topliss-reactive ketones (excluding diaryl/α,β-unsaturated/α-hetero) is 1. The quantitative estimate of drug-likeness (QED) is 0.653. The van der Waals surface area contributed by atoms with Gasteiger partial charge in [-0.3, -0.25) is 4.79 Å². The highest BCUT2D eigenvalue weighted by Crippen LogP contribution is 2.32. The number of hydrogen-bond acceptors (Lipinski definition) is 2. The molecule has 128 valence electrons. The zero-order valence-electron chi connectivity index (χ0n) is 13.9. The maximum atomic E-state index is 13.1. The summed E-state index contributed by atoms with van der Waals surface area (Å²) < 4.78 is 15.2. The van der Waals surface area contributed by atoms with Crippen LogP contribution in [0.4, 0.5) is 4.39 Å². The van der Waals surface area contributed by atoms with E-state index in [0.717, 1.165) is 30.4 Å². The maximum Gasteiger partial charge on any atom is 0.182 e. The summed E-state index contributed by atoms with van der Waals surface area (Å²) in [4.78, 5) is 15.0. The molecule has 3 aromatic rings. The van der Waals surface area contributed by atoms with Crippen LogP contribution in [-0.2, 0) is 19.5 Å². The molecule has 2 heterocycles. The van der Waals surface area contributed by atoms with Crippen LogP contribution in [0.1, 0.15) is 21.6 Å². The molecule has 0 fully saturated rings. The number of hydrogen-bond donors (Lipinski definition) is 0. The minimum absolute atomic E-state index is 0.0251. The third-order valence-corrected chi connectivity index (χ3v) is 5.11. The van der Waals surface area contributed by atoms with Crippen molar-refractivity contribution in [2.24, 2.45) is 0 Å². The van der Waals surface area contributed by atoms with Crippen LogP contribution in [0.25, 0.3) is 10.9 Å². The first-order valence-electron chi connectivity index (χ1n) is 8.30. The van der Waals surface area contributed by atoms with Crippen LogP contribution in [0, 0.1) is 5.82 Å². The fourth-order valence-corrected chi connectivity index (χ4v) is 3.77. The number of aromatic nitrogens is 1. The van der Waals surface area contributed by atoms with Gasteiger partial charge in [0, 0.05) is 40.3 Å². The van der Waals surface area contributed by atoms with Gasteiger partial charge in [-0.25, -0.2) is 4.39 Å². The van der Waals surface area contributed by atoms with E-state index in [-0.39, 0.29) is 18.1 Å². The van der Waals surface area contributed by atoms with E-state index in [0.29, 0.717) is 10.6 Å². The van der Waals surface area contributed by atoms with Gasteiger partial charge < -0.3 is 9.47 Å². The van der Waals surface area contributed by atoms with Crippen LogP contribution in [-0.4, -0.2) is 28.8 Å². The largest absolute Gasteiger partial charge is 0.335 e. The molecule has 0 atom stereocenters. The van der Waals surface area contributed by atoms with Crippen LogP contribution in [0.3, 0.4) is 0 Å². The third kappa shape index (κ3) is 2.96. The Morgan fingerprint density at radius 1 is 1.20 bits per heavy atom. The lowest BCUT2D eigenvalue weighted by Crippen LogP contribution is -2.28. The summed E-state index contributed by atoms with van der Waals surface area (Å²) in [6, 6.07) is 11.6. The van der Waals surface area contributed by atoms with Crippen molar-refractivity contribution in [3.8, 4) is 0 Å². The van der Waals surface area contributed by atoms with Gasteiger partial charge in [0.15, 0.2) is 5.78 Å². The number of likely N-dealkylation sites (N-methyl/N-ethyl adjacent to an activating group) is 1. The number of rotatable bonds is 3. The molecular formula is C20H18ClFN2O. The Balaban J connectivity index is 1.79. The molecule has 0 unspecified atom stereocenters.